The summed E-state index contributed by atoms with van der Waals surface area (Å²) in [6.45, 7) is 6.35. The van der Waals surface area contributed by atoms with E-state index in [2.05, 4.69) is 15.7 Å². The summed E-state index contributed by atoms with van der Waals surface area (Å²) in [5.74, 6) is -2.05. The van der Waals surface area contributed by atoms with E-state index in [1.54, 1.807) is 20.8 Å². The van der Waals surface area contributed by atoms with E-state index >= 15 is 0 Å². The molecule has 4 amide bonds. The Hall–Kier alpha value is -3.49. The number of hydrazine groups is 1. The lowest BCUT2D eigenvalue weighted by Crippen LogP contribution is -2.49. The van der Waals surface area contributed by atoms with Crippen molar-refractivity contribution < 1.29 is 23.9 Å². The molecule has 1 aliphatic heterocycles. The molecule has 9 nitrogen and oxygen atoms in total. The second kappa shape index (κ2) is 8.10. The van der Waals surface area contributed by atoms with Crippen LogP contribution in [0.15, 0.2) is 24.3 Å². The van der Waals surface area contributed by atoms with Crippen LogP contribution in [0.2, 0.25) is 0 Å². The van der Waals surface area contributed by atoms with E-state index in [-0.39, 0.29) is 0 Å². The van der Waals surface area contributed by atoms with Crippen LogP contribution in [0.25, 0.3) is 10.9 Å². The predicted molar refractivity (Wildman–Crippen MR) is 108 cm³/mol. The first kappa shape index (κ1) is 21.2. The Bertz CT molecular complexity index is 1050. The number of para-hydroxylation sites is 1. The zero-order valence-electron chi connectivity index (χ0n) is 17.4. The second-order valence-corrected chi connectivity index (χ2v) is 7.30. The van der Waals surface area contributed by atoms with Crippen LogP contribution in [0.5, 0.6) is 0 Å². The summed E-state index contributed by atoms with van der Waals surface area (Å²) in [6.07, 6.45) is 0.882. The summed E-state index contributed by atoms with van der Waals surface area (Å²) in [5.41, 5.74) is 3.49. The van der Waals surface area contributed by atoms with Gasteiger partial charge in [-0.1, -0.05) is 32.0 Å². The molecule has 0 radical (unpaired) electrons. The van der Waals surface area contributed by atoms with Gasteiger partial charge in [-0.05, 0) is 38.3 Å². The van der Waals surface area contributed by atoms with Crippen molar-refractivity contribution in [2.24, 2.45) is 0 Å². The molecule has 158 valence electrons. The molecule has 1 aromatic heterocycles. The van der Waals surface area contributed by atoms with Crippen LogP contribution < -0.4 is 10.7 Å². The SMILES string of the molecule is CCc1nc2ccccc2c(C)c1C(=O)OCC(=O)NN1C(=O)NC(C)(CC)C1=O. The minimum absolute atomic E-state index is 0.317. The summed E-state index contributed by atoms with van der Waals surface area (Å²) < 4.78 is 5.16. The number of hydrogen-bond acceptors (Lipinski definition) is 6. The third-order valence-corrected chi connectivity index (χ3v) is 5.31. The van der Waals surface area contributed by atoms with Crippen LogP contribution in [-0.4, -0.2) is 46.0 Å². The molecule has 2 heterocycles. The summed E-state index contributed by atoms with van der Waals surface area (Å²) >= 11 is 0. The number of urea groups is 1. The van der Waals surface area contributed by atoms with Crippen molar-refractivity contribution >= 4 is 34.7 Å². The number of pyridine rings is 1. The number of carbonyl (C=O) groups is 4. The number of benzene rings is 1. The minimum Gasteiger partial charge on any atom is -0.452 e. The van der Waals surface area contributed by atoms with Gasteiger partial charge in [-0.15, -0.1) is 0 Å². The van der Waals surface area contributed by atoms with E-state index in [1.807, 2.05) is 31.2 Å². The van der Waals surface area contributed by atoms with Crippen molar-refractivity contribution in [2.75, 3.05) is 6.61 Å². The molecule has 1 aliphatic rings. The molecule has 1 fully saturated rings. The molecule has 0 aliphatic carbocycles. The number of aromatic nitrogens is 1. The molecule has 2 aromatic rings. The van der Waals surface area contributed by atoms with Crippen molar-refractivity contribution in [3.05, 3.63) is 41.1 Å². The number of carbonyl (C=O) groups excluding carboxylic acids is 4. The van der Waals surface area contributed by atoms with Crippen LogP contribution >= 0.6 is 0 Å². The molecular weight excluding hydrogens is 388 g/mol. The normalized spacial score (nSPS) is 18.5. The Morgan fingerprint density at radius 2 is 1.93 bits per heavy atom. The van der Waals surface area contributed by atoms with E-state index in [9.17, 15) is 19.2 Å². The Balaban J connectivity index is 1.72. The summed E-state index contributed by atoms with van der Waals surface area (Å²) in [6, 6.07) is 6.73. The lowest BCUT2D eigenvalue weighted by atomic mass is 10.00. The number of aryl methyl sites for hydroxylation is 2. The topological polar surface area (TPSA) is 118 Å². The maximum absolute atomic E-state index is 12.7. The Morgan fingerprint density at radius 1 is 1.23 bits per heavy atom. The maximum Gasteiger partial charge on any atom is 0.344 e. The average molecular weight is 412 g/mol. The van der Waals surface area contributed by atoms with Gasteiger partial charge in [-0.3, -0.25) is 20.0 Å². The fourth-order valence-corrected chi connectivity index (χ4v) is 3.35. The molecular formula is C21H24N4O5. The number of nitrogens with one attached hydrogen (secondary N) is 2. The lowest BCUT2D eigenvalue weighted by Gasteiger charge is -2.19. The van der Waals surface area contributed by atoms with Crippen LogP contribution in [0.3, 0.4) is 0 Å². The van der Waals surface area contributed by atoms with E-state index in [4.69, 9.17) is 4.74 Å². The highest BCUT2D eigenvalue weighted by Gasteiger charge is 2.47. The third kappa shape index (κ3) is 3.70. The number of rotatable bonds is 6. The summed E-state index contributed by atoms with van der Waals surface area (Å²) in [4.78, 5) is 53.7. The molecule has 9 heteroatoms. The molecule has 30 heavy (non-hydrogen) atoms. The number of amides is 4. The molecule has 0 saturated carbocycles. The standard InChI is InChI=1S/C21H24N4O5/c1-5-14-17(12(3)13-9-7-8-10-15(13)22-14)18(27)30-11-16(26)24-25-19(28)21(4,6-2)23-20(25)29/h7-10H,5-6,11H2,1-4H3,(H,23,29)(H,24,26). The summed E-state index contributed by atoms with van der Waals surface area (Å²) in [5, 5.41) is 3.96. The van der Waals surface area contributed by atoms with Crippen LogP contribution in [0.4, 0.5) is 4.79 Å². The molecule has 1 saturated heterocycles. The Morgan fingerprint density at radius 3 is 2.57 bits per heavy atom. The first-order valence-electron chi connectivity index (χ1n) is 9.73. The van der Waals surface area contributed by atoms with Gasteiger partial charge in [0.2, 0.25) is 0 Å². The molecule has 0 spiro atoms. The number of nitrogens with zero attached hydrogens (tertiary/aromatic N) is 2. The second-order valence-electron chi connectivity index (χ2n) is 7.30. The zero-order valence-corrected chi connectivity index (χ0v) is 17.4. The average Bonchev–Trinajstić information content (AvgIpc) is 2.95. The fourth-order valence-electron chi connectivity index (χ4n) is 3.35. The monoisotopic (exact) mass is 412 g/mol. The number of ether oxygens (including phenoxy) is 1. The molecule has 0 bridgehead atoms. The molecule has 2 N–H and O–H groups in total. The van der Waals surface area contributed by atoms with Gasteiger partial charge < -0.3 is 10.1 Å². The van der Waals surface area contributed by atoms with Gasteiger partial charge in [-0.25, -0.2) is 9.59 Å². The largest absolute Gasteiger partial charge is 0.452 e. The van der Waals surface area contributed by atoms with Gasteiger partial charge in [0, 0.05) is 5.39 Å². The lowest BCUT2D eigenvalue weighted by molar-refractivity contribution is -0.139. The van der Waals surface area contributed by atoms with E-state index < -0.39 is 36.0 Å². The molecule has 1 aromatic carbocycles. The van der Waals surface area contributed by atoms with Crippen molar-refractivity contribution in [1.29, 1.82) is 0 Å². The van der Waals surface area contributed by atoms with Gasteiger partial charge in [0.1, 0.15) is 5.54 Å². The van der Waals surface area contributed by atoms with Gasteiger partial charge in [-0.2, -0.15) is 5.01 Å². The number of fused-ring (bicyclic) bond motifs is 1. The Labute approximate surface area is 173 Å². The van der Waals surface area contributed by atoms with Gasteiger partial charge in [0.05, 0.1) is 16.8 Å². The first-order chi connectivity index (χ1) is 14.2. The molecule has 3 rings (SSSR count). The van der Waals surface area contributed by atoms with Gasteiger partial charge in [0.15, 0.2) is 6.61 Å². The number of esters is 1. The van der Waals surface area contributed by atoms with E-state index in [0.717, 1.165) is 16.5 Å². The van der Waals surface area contributed by atoms with Crippen molar-refractivity contribution in [2.45, 2.75) is 46.1 Å². The predicted octanol–water partition coefficient (Wildman–Crippen LogP) is 2.01. The van der Waals surface area contributed by atoms with Crippen LogP contribution in [0, 0.1) is 6.92 Å². The summed E-state index contributed by atoms with van der Waals surface area (Å²) in [7, 11) is 0. The highest BCUT2D eigenvalue weighted by molar-refractivity contribution is 6.07. The quantitative estimate of drug-likeness (QED) is 0.554. The number of hydrogen-bond donors (Lipinski definition) is 2. The van der Waals surface area contributed by atoms with Crippen LogP contribution in [0.1, 0.15) is 48.8 Å². The van der Waals surface area contributed by atoms with Gasteiger partial charge >= 0.3 is 12.0 Å². The fraction of sp³-hybridized carbons (Fsp3) is 0.381. The van der Waals surface area contributed by atoms with Crippen LogP contribution in [-0.2, 0) is 20.7 Å². The zero-order chi connectivity index (χ0) is 22.1. The smallest absolute Gasteiger partial charge is 0.344 e. The van der Waals surface area contributed by atoms with Crippen molar-refractivity contribution in [1.82, 2.24) is 20.7 Å². The molecule has 1 unspecified atom stereocenters. The third-order valence-electron chi connectivity index (χ3n) is 5.31. The maximum atomic E-state index is 12.7. The van der Waals surface area contributed by atoms with Crippen molar-refractivity contribution in [3.63, 3.8) is 0 Å². The highest BCUT2D eigenvalue weighted by atomic mass is 16.5. The van der Waals surface area contributed by atoms with E-state index in [0.29, 0.717) is 29.1 Å². The highest BCUT2D eigenvalue weighted by Crippen LogP contribution is 2.24. The molecule has 1 atom stereocenters. The van der Waals surface area contributed by atoms with Gasteiger partial charge in [0.25, 0.3) is 11.8 Å². The van der Waals surface area contributed by atoms with E-state index in [1.165, 1.54) is 0 Å². The minimum atomic E-state index is -1.08. The number of imide groups is 1. The first-order valence-corrected chi connectivity index (χ1v) is 9.73. The van der Waals surface area contributed by atoms with Crippen molar-refractivity contribution in [3.8, 4) is 0 Å². The Kier molecular flexibility index (Phi) is 5.73.